The van der Waals surface area contributed by atoms with Gasteiger partial charge in [-0.25, -0.2) is 9.97 Å². The van der Waals surface area contributed by atoms with Gasteiger partial charge in [0.25, 0.3) is 0 Å². The summed E-state index contributed by atoms with van der Waals surface area (Å²) in [6, 6.07) is 40.9. The van der Waals surface area contributed by atoms with Crippen LogP contribution in [0.15, 0.2) is 121 Å². The molecule has 0 bridgehead atoms. The maximum atomic E-state index is 13.8. The number of nitrogens with zero attached hydrogens (tertiary/aromatic N) is 4. The first kappa shape index (κ1) is 31.4. The second-order valence-electron chi connectivity index (χ2n) is 11.9. The van der Waals surface area contributed by atoms with Gasteiger partial charge < -0.3 is 9.80 Å². The van der Waals surface area contributed by atoms with Crippen molar-refractivity contribution in [2.24, 2.45) is 0 Å². The predicted molar refractivity (Wildman–Crippen MR) is 195 cm³/mol. The molecule has 1 saturated carbocycles. The van der Waals surface area contributed by atoms with Gasteiger partial charge >= 0.3 is 0 Å². The number of aryl methyl sites for hydroxylation is 1. The van der Waals surface area contributed by atoms with Gasteiger partial charge in [-0.15, -0.1) is 11.3 Å². The van der Waals surface area contributed by atoms with Crippen molar-refractivity contribution in [3.8, 4) is 0 Å². The minimum absolute atomic E-state index is 0.186. The van der Waals surface area contributed by atoms with Gasteiger partial charge in [-0.2, -0.15) is 0 Å². The Balaban J connectivity index is 1.18. The summed E-state index contributed by atoms with van der Waals surface area (Å²) < 4.78 is 0.555. The highest BCUT2D eigenvalue weighted by molar-refractivity contribution is 7.16. The van der Waals surface area contributed by atoms with E-state index >= 15 is 0 Å². The smallest absolute Gasteiger partial charge is 0.187 e. The molecule has 7 rings (SSSR count). The van der Waals surface area contributed by atoms with Crippen LogP contribution in [0.3, 0.4) is 0 Å². The number of carbonyl (C=O) groups excluding carboxylic acids is 2. The van der Waals surface area contributed by atoms with Crippen molar-refractivity contribution in [3.05, 3.63) is 164 Å². The van der Waals surface area contributed by atoms with Crippen LogP contribution in [-0.2, 0) is 35.8 Å². The van der Waals surface area contributed by atoms with Crippen LogP contribution in [0.4, 0.5) is 10.3 Å². The standard InChI is InChI=1S/C40H34N4O2S2/c1-27-37(47-39(41-27)43(23-29-15-7-3-8-16-29)24-30-17-9-4-10-18-30)33-35(45)34(36(33)46)38-28(2)42-40(48-38)44(25-31-19-11-5-12-20-31)26-32-21-13-6-14-22-32/h3-22,34H,1,23-26H2,2H3. The van der Waals surface area contributed by atoms with Gasteiger partial charge in [0, 0.05) is 31.1 Å². The van der Waals surface area contributed by atoms with Crippen molar-refractivity contribution < 1.29 is 9.59 Å². The molecule has 48 heavy (non-hydrogen) atoms. The molecule has 0 unspecified atom stereocenters. The number of Topliss-reactive ketones (excluding diaryl/α,β-unsaturated/α-hetero) is 2. The largest absolute Gasteiger partial charge is 0.339 e. The first-order chi connectivity index (χ1) is 23.4. The Kier molecular flexibility index (Phi) is 9.09. The first-order valence-corrected chi connectivity index (χ1v) is 17.5. The van der Waals surface area contributed by atoms with Crippen LogP contribution in [0.25, 0.3) is 12.2 Å². The zero-order chi connectivity index (χ0) is 33.0. The summed E-state index contributed by atoms with van der Waals surface area (Å²) in [4.78, 5) is 42.5. The number of hydrogen-bond donors (Lipinski definition) is 0. The molecule has 0 radical (unpaired) electrons. The van der Waals surface area contributed by atoms with Crippen LogP contribution in [0, 0.1) is 6.92 Å². The molecule has 0 spiro atoms. The second kappa shape index (κ2) is 13.9. The molecular formula is C40H34N4O2S2. The number of anilines is 2. The third-order valence-electron chi connectivity index (χ3n) is 8.42. The molecule has 0 N–H and O–H groups in total. The average Bonchev–Trinajstić information content (AvgIpc) is 3.68. The predicted octanol–water partition coefficient (Wildman–Crippen LogP) is 6.82. The first-order valence-electron chi connectivity index (χ1n) is 15.9. The Hall–Kier alpha value is -5.18. The Labute approximate surface area is 288 Å². The number of carbonyl (C=O) groups is 2. The van der Waals surface area contributed by atoms with Crippen molar-refractivity contribution in [1.82, 2.24) is 9.97 Å². The Morgan fingerprint density at radius 1 is 0.583 bits per heavy atom. The maximum absolute atomic E-state index is 13.8. The zero-order valence-electron chi connectivity index (χ0n) is 26.6. The van der Waals surface area contributed by atoms with Gasteiger partial charge in [-0.3, -0.25) is 9.59 Å². The fraction of sp³-hybridized carbons (Fsp3) is 0.150. The molecule has 1 aliphatic rings. The van der Waals surface area contributed by atoms with Crippen molar-refractivity contribution in [2.75, 3.05) is 9.80 Å². The van der Waals surface area contributed by atoms with Crippen LogP contribution in [0.1, 0.15) is 38.7 Å². The number of hydrogen-bond acceptors (Lipinski definition) is 8. The van der Waals surface area contributed by atoms with E-state index in [0.29, 0.717) is 46.6 Å². The lowest BCUT2D eigenvalue weighted by Gasteiger charge is -2.25. The van der Waals surface area contributed by atoms with E-state index in [1.165, 1.54) is 22.7 Å². The van der Waals surface area contributed by atoms with Gasteiger partial charge in [0.1, 0.15) is 5.92 Å². The maximum Gasteiger partial charge on any atom is 0.187 e. The van der Waals surface area contributed by atoms with Crippen LogP contribution >= 0.6 is 22.7 Å². The van der Waals surface area contributed by atoms with E-state index in [1.807, 2.05) is 79.7 Å². The summed E-state index contributed by atoms with van der Waals surface area (Å²) >= 11 is 2.80. The lowest BCUT2D eigenvalue weighted by atomic mass is 9.76. The number of aromatic nitrogens is 2. The van der Waals surface area contributed by atoms with Gasteiger partial charge in [-0.1, -0.05) is 139 Å². The number of ketones is 2. The highest BCUT2D eigenvalue weighted by Crippen LogP contribution is 2.42. The van der Waals surface area contributed by atoms with E-state index in [-0.39, 0.29) is 17.1 Å². The summed E-state index contributed by atoms with van der Waals surface area (Å²) in [5.74, 6) is -1.22. The monoisotopic (exact) mass is 666 g/mol. The third kappa shape index (κ3) is 6.63. The van der Waals surface area contributed by atoms with Crippen molar-refractivity contribution in [3.63, 3.8) is 0 Å². The van der Waals surface area contributed by atoms with Gasteiger partial charge in [0.2, 0.25) is 0 Å². The van der Waals surface area contributed by atoms with Crippen LogP contribution in [-0.4, -0.2) is 21.5 Å². The van der Waals surface area contributed by atoms with E-state index in [2.05, 4.69) is 64.9 Å². The number of thiazole rings is 2. The summed E-state index contributed by atoms with van der Waals surface area (Å²) in [7, 11) is 0. The fourth-order valence-corrected chi connectivity index (χ4v) is 8.20. The molecule has 1 fully saturated rings. The highest BCUT2D eigenvalue weighted by atomic mass is 32.1. The van der Waals surface area contributed by atoms with Crippen LogP contribution in [0.2, 0.25) is 0 Å². The molecule has 238 valence electrons. The van der Waals surface area contributed by atoms with E-state index in [4.69, 9.17) is 9.97 Å². The SMILES string of the molecule is C=c1nc(N(Cc2ccccc2)Cc2ccccc2)sc1=C1C(=O)C(c2sc(N(Cc3ccccc3)Cc3ccccc3)nc2C)C1=O. The molecule has 2 heterocycles. The van der Waals surface area contributed by atoms with E-state index in [9.17, 15) is 9.59 Å². The average molecular weight is 667 g/mol. The second-order valence-corrected chi connectivity index (χ2v) is 13.9. The molecule has 1 aliphatic carbocycles. The zero-order valence-corrected chi connectivity index (χ0v) is 28.2. The number of rotatable bonds is 11. The molecule has 2 aromatic heterocycles. The lowest BCUT2D eigenvalue weighted by Crippen LogP contribution is -2.43. The quantitative estimate of drug-likeness (QED) is 0.142. The summed E-state index contributed by atoms with van der Waals surface area (Å²) in [6.07, 6.45) is 0. The van der Waals surface area contributed by atoms with Crippen LogP contribution < -0.4 is 19.7 Å². The fourth-order valence-electron chi connectivity index (χ4n) is 5.98. The number of benzene rings is 4. The Morgan fingerprint density at radius 2 is 0.958 bits per heavy atom. The molecule has 6 nitrogen and oxygen atoms in total. The summed E-state index contributed by atoms with van der Waals surface area (Å²) in [5.41, 5.74) is 5.52. The van der Waals surface area contributed by atoms with Gasteiger partial charge in [0.15, 0.2) is 21.8 Å². The van der Waals surface area contributed by atoms with E-state index < -0.39 is 5.92 Å². The minimum Gasteiger partial charge on any atom is -0.339 e. The van der Waals surface area contributed by atoms with Crippen LogP contribution in [0.5, 0.6) is 0 Å². The molecule has 0 atom stereocenters. The molecule has 0 saturated heterocycles. The van der Waals surface area contributed by atoms with Gasteiger partial charge in [0.05, 0.1) is 21.1 Å². The Morgan fingerprint density at radius 3 is 1.35 bits per heavy atom. The Bertz CT molecular complexity index is 2060. The highest BCUT2D eigenvalue weighted by Gasteiger charge is 2.48. The van der Waals surface area contributed by atoms with Crippen molar-refractivity contribution in [2.45, 2.75) is 39.0 Å². The normalized spacial score (nSPS) is 14.2. The molecule has 4 aromatic carbocycles. The third-order valence-corrected chi connectivity index (χ3v) is 10.9. The molecular weight excluding hydrogens is 633 g/mol. The van der Waals surface area contributed by atoms with E-state index in [0.717, 1.165) is 32.5 Å². The molecule has 0 aliphatic heterocycles. The van der Waals surface area contributed by atoms with E-state index in [1.54, 1.807) is 0 Å². The minimum atomic E-state index is -0.851. The topological polar surface area (TPSA) is 66.4 Å². The molecule has 8 heteroatoms. The van der Waals surface area contributed by atoms with Crippen molar-refractivity contribution >= 4 is 56.7 Å². The lowest BCUT2D eigenvalue weighted by molar-refractivity contribution is -0.129. The van der Waals surface area contributed by atoms with Crippen molar-refractivity contribution in [1.29, 1.82) is 0 Å². The molecule has 6 aromatic rings. The summed E-state index contributed by atoms with van der Waals surface area (Å²) in [5, 5.41) is 1.97. The summed E-state index contributed by atoms with van der Waals surface area (Å²) in [6.45, 7) is 8.63. The molecule has 0 amide bonds. The van der Waals surface area contributed by atoms with Gasteiger partial charge in [-0.05, 0) is 29.2 Å².